The predicted octanol–water partition coefficient (Wildman–Crippen LogP) is 2.73. The molecule has 1 atom stereocenters. The number of carboxylic acids is 1. The molecule has 0 spiro atoms. The van der Waals surface area contributed by atoms with Gasteiger partial charge < -0.3 is 9.63 Å². The van der Waals surface area contributed by atoms with Crippen LogP contribution in [0.5, 0.6) is 0 Å². The number of rotatable bonds is 3. The predicted molar refractivity (Wildman–Crippen MR) is 77.5 cm³/mol. The van der Waals surface area contributed by atoms with Gasteiger partial charge >= 0.3 is 18.0 Å². The van der Waals surface area contributed by atoms with Gasteiger partial charge in [-0.05, 0) is 37.1 Å². The molecule has 0 saturated carbocycles. The summed E-state index contributed by atoms with van der Waals surface area (Å²) in [6, 6.07) is 4.73. The van der Waals surface area contributed by atoms with E-state index in [0.29, 0.717) is 18.5 Å². The molecule has 1 aliphatic rings. The minimum Gasteiger partial charge on any atom is -0.480 e. The van der Waals surface area contributed by atoms with E-state index < -0.39 is 24.1 Å². The molecule has 0 aliphatic carbocycles. The highest BCUT2D eigenvalue weighted by Crippen LogP contribution is 2.31. The monoisotopic (exact) mass is 355 g/mol. The van der Waals surface area contributed by atoms with Crippen LogP contribution in [0.1, 0.15) is 25.2 Å². The zero-order valence-corrected chi connectivity index (χ0v) is 12.7. The van der Waals surface area contributed by atoms with Crippen LogP contribution in [0.3, 0.4) is 0 Å². The molecule has 132 valence electrons. The van der Waals surface area contributed by atoms with Crippen molar-refractivity contribution >= 4 is 17.6 Å². The fourth-order valence-electron chi connectivity index (χ4n) is 2.65. The molecule has 1 saturated heterocycles. The van der Waals surface area contributed by atoms with Crippen LogP contribution in [0, 0.1) is 0 Å². The fraction of sp³-hybridized carbons (Fsp3) is 0.333. The number of carbonyl (C=O) groups excluding carboxylic acids is 1. The van der Waals surface area contributed by atoms with E-state index in [-0.39, 0.29) is 23.7 Å². The highest BCUT2D eigenvalue weighted by molar-refractivity contribution is 6.00. The second-order valence-corrected chi connectivity index (χ2v) is 5.48. The molecule has 1 aromatic carbocycles. The van der Waals surface area contributed by atoms with E-state index in [4.69, 9.17) is 0 Å². The van der Waals surface area contributed by atoms with Crippen molar-refractivity contribution in [2.75, 3.05) is 4.90 Å². The Balaban J connectivity index is 1.88. The second-order valence-electron chi connectivity index (χ2n) is 5.48. The smallest absolute Gasteiger partial charge is 0.471 e. The van der Waals surface area contributed by atoms with E-state index in [1.807, 2.05) is 0 Å². The molecular weight excluding hydrogens is 343 g/mol. The standard InChI is InChI=1S/C15H12F3N3O4/c16-15(17,18)14-19-12(20-25-14)8-4-6-9(7-5-8)21-10(13(23)24)2-1-3-11(21)22/h4-7,10H,1-3H2,(H,23,24)/t10-/m0/s1. The van der Waals surface area contributed by atoms with E-state index in [1.54, 1.807) is 0 Å². The summed E-state index contributed by atoms with van der Waals surface area (Å²) in [6.45, 7) is 0. The van der Waals surface area contributed by atoms with E-state index in [9.17, 15) is 27.9 Å². The Morgan fingerprint density at radius 1 is 1.28 bits per heavy atom. The van der Waals surface area contributed by atoms with Gasteiger partial charge in [0, 0.05) is 17.7 Å². The van der Waals surface area contributed by atoms with E-state index in [1.165, 1.54) is 29.2 Å². The van der Waals surface area contributed by atoms with Crippen molar-refractivity contribution in [2.24, 2.45) is 0 Å². The Morgan fingerprint density at radius 3 is 2.52 bits per heavy atom. The lowest BCUT2D eigenvalue weighted by atomic mass is 10.0. The third-order valence-corrected chi connectivity index (χ3v) is 3.81. The number of carboxylic acid groups (broad SMARTS) is 1. The van der Waals surface area contributed by atoms with Crippen molar-refractivity contribution in [2.45, 2.75) is 31.5 Å². The molecule has 7 nitrogen and oxygen atoms in total. The number of nitrogens with zero attached hydrogens (tertiary/aromatic N) is 3. The number of alkyl halides is 3. The molecule has 1 fully saturated rings. The van der Waals surface area contributed by atoms with Gasteiger partial charge in [0.05, 0.1) is 0 Å². The Bertz CT molecular complexity index is 801. The molecule has 1 aliphatic heterocycles. The average Bonchev–Trinajstić information content (AvgIpc) is 3.05. The Labute approximate surface area is 139 Å². The molecule has 2 aromatic rings. The van der Waals surface area contributed by atoms with Crippen LogP contribution in [0.4, 0.5) is 18.9 Å². The van der Waals surface area contributed by atoms with Crippen molar-refractivity contribution < 1.29 is 32.4 Å². The van der Waals surface area contributed by atoms with Crippen molar-refractivity contribution in [3.63, 3.8) is 0 Å². The summed E-state index contributed by atoms with van der Waals surface area (Å²) < 4.78 is 41.6. The average molecular weight is 355 g/mol. The number of hydrogen-bond acceptors (Lipinski definition) is 5. The zero-order chi connectivity index (χ0) is 18.2. The molecule has 1 amide bonds. The lowest BCUT2D eigenvalue weighted by Gasteiger charge is -2.32. The minimum atomic E-state index is -4.74. The lowest BCUT2D eigenvalue weighted by molar-refractivity contribution is -0.159. The summed E-state index contributed by atoms with van der Waals surface area (Å²) in [5.74, 6) is -3.13. The number of anilines is 1. The van der Waals surface area contributed by atoms with Crippen LogP contribution < -0.4 is 4.90 Å². The Kier molecular flexibility index (Phi) is 4.19. The van der Waals surface area contributed by atoms with Crippen LogP contribution in [-0.2, 0) is 15.8 Å². The van der Waals surface area contributed by atoms with Gasteiger partial charge in [-0.1, -0.05) is 5.16 Å². The largest absolute Gasteiger partial charge is 0.480 e. The first-order valence-corrected chi connectivity index (χ1v) is 7.33. The molecule has 1 aromatic heterocycles. The van der Waals surface area contributed by atoms with E-state index in [2.05, 4.69) is 14.7 Å². The third-order valence-electron chi connectivity index (χ3n) is 3.81. The molecule has 25 heavy (non-hydrogen) atoms. The highest BCUT2D eigenvalue weighted by Gasteiger charge is 2.38. The van der Waals surface area contributed by atoms with Gasteiger partial charge in [-0.15, -0.1) is 0 Å². The summed E-state index contributed by atoms with van der Waals surface area (Å²) in [5, 5.41) is 12.5. The first kappa shape index (κ1) is 16.9. The van der Waals surface area contributed by atoms with Crippen LogP contribution in [0.25, 0.3) is 11.4 Å². The molecular formula is C15H12F3N3O4. The molecule has 0 unspecified atom stereocenters. The number of aliphatic carboxylic acids is 1. The SMILES string of the molecule is O=C(O)[C@@H]1CCCC(=O)N1c1ccc(-c2noc(C(F)(F)F)n2)cc1. The number of aromatic nitrogens is 2. The second kappa shape index (κ2) is 6.19. The maximum Gasteiger partial charge on any atom is 0.471 e. The van der Waals surface area contributed by atoms with Crippen molar-refractivity contribution in [3.8, 4) is 11.4 Å². The Hall–Kier alpha value is -2.91. The minimum absolute atomic E-state index is 0.241. The topological polar surface area (TPSA) is 96.5 Å². The van der Waals surface area contributed by atoms with Crippen LogP contribution in [-0.4, -0.2) is 33.2 Å². The van der Waals surface area contributed by atoms with Crippen molar-refractivity contribution in [3.05, 3.63) is 30.2 Å². The Morgan fingerprint density at radius 2 is 1.96 bits per heavy atom. The normalized spacial score (nSPS) is 18.4. The van der Waals surface area contributed by atoms with Gasteiger partial charge in [-0.3, -0.25) is 9.69 Å². The number of halogens is 3. The van der Waals surface area contributed by atoms with Gasteiger partial charge in [0.2, 0.25) is 11.7 Å². The molecule has 1 N–H and O–H groups in total. The third kappa shape index (κ3) is 3.32. The van der Waals surface area contributed by atoms with Crippen molar-refractivity contribution in [1.82, 2.24) is 10.1 Å². The van der Waals surface area contributed by atoms with Gasteiger partial charge in [0.25, 0.3) is 0 Å². The number of carbonyl (C=O) groups is 2. The lowest BCUT2D eigenvalue weighted by Crippen LogP contribution is -2.48. The molecule has 10 heteroatoms. The molecule has 2 heterocycles. The molecule has 3 rings (SSSR count). The summed E-state index contributed by atoms with van der Waals surface area (Å²) >= 11 is 0. The molecule has 0 radical (unpaired) electrons. The van der Waals surface area contributed by atoms with Crippen LogP contribution in [0.15, 0.2) is 28.8 Å². The fourth-order valence-corrected chi connectivity index (χ4v) is 2.65. The summed E-state index contributed by atoms with van der Waals surface area (Å²) in [6.07, 6.45) is -3.67. The summed E-state index contributed by atoms with van der Waals surface area (Å²) in [4.78, 5) is 27.9. The number of amides is 1. The molecule has 0 bridgehead atoms. The van der Waals surface area contributed by atoms with E-state index in [0.717, 1.165) is 0 Å². The number of piperidine rings is 1. The van der Waals surface area contributed by atoms with Gasteiger partial charge in [0.15, 0.2) is 0 Å². The summed E-state index contributed by atoms with van der Waals surface area (Å²) in [5.41, 5.74) is 0.597. The van der Waals surface area contributed by atoms with Gasteiger partial charge in [-0.25, -0.2) is 4.79 Å². The first-order valence-electron chi connectivity index (χ1n) is 7.33. The number of hydrogen-bond donors (Lipinski definition) is 1. The van der Waals surface area contributed by atoms with Crippen molar-refractivity contribution in [1.29, 1.82) is 0 Å². The maximum absolute atomic E-state index is 12.5. The van der Waals surface area contributed by atoms with Crippen LogP contribution in [0.2, 0.25) is 0 Å². The first-order chi connectivity index (χ1) is 11.8. The summed E-state index contributed by atoms with van der Waals surface area (Å²) in [7, 11) is 0. The van der Waals surface area contributed by atoms with Gasteiger partial charge in [-0.2, -0.15) is 18.2 Å². The van der Waals surface area contributed by atoms with E-state index >= 15 is 0 Å². The zero-order valence-electron chi connectivity index (χ0n) is 12.7. The van der Waals surface area contributed by atoms with Gasteiger partial charge in [0.1, 0.15) is 6.04 Å². The maximum atomic E-state index is 12.5. The highest BCUT2D eigenvalue weighted by atomic mass is 19.4. The number of benzene rings is 1. The van der Waals surface area contributed by atoms with Crippen LogP contribution >= 0.6 is 0 Å². The quantitative estimate of drug-likeness (QED) is 0.909.